The normalized spacial score (nSPS) is 13.5. The van der Waals surface area contributed by atoms with E-state index in [1.807, 2.05) is 48.7 Å². The third-order valence-corrected chi connectivity index (χ3v) is 5.17. The van der Waals surface area contributed by atoms with Crippen molar-refractivity contribution in [1.82, 2.24) is 9.88 Å². The molecule has 1 amide bonds. The van der Waals surface area contributed by atoms with Crippen molar-refractivity contribution in [2.75, 3.05) is 5.32 Å². The first-order chi connectivity index (χ1) is 13.7. The highest BCUT2D eigenvalue weighted by Gasteiger charge is 2.29. The first-order valence-electron chi connectivity index (χ1n) is 9.48. The van der Waals surface area contributed by atoms with Gasteiger partial charge in [0.1, 0.15) is 0 Å². The van der Waals surface area contributed by atoms with E-state index >= 15 is 0 Å². The summed E-state index contributed by atoms with van der Waals surface area (Å²) in [7, 11) is 0. The van der Waals surface area contributed by atoms with E-state index in [2.05, 4.69) is 27.3 Å². The van der Waals surface area contributed by atoms with Gasteiger partial charge in [-0.05, 0) is 54.8 Å². The number of aromatic nitrogens is 1. The SMILES string of the molecule is O=C(Nc1cccc(CN(Cc2ccccn2)C2CC2)c1)c1ccccc1Cl. The second-order valence-electron chi connectivity index (χ2n) is 7.09. The van der Waals surface area contributed by atoms with Gasteiger partial charge < -0.3 is 5.32 Å². The zero-order valence-corrected chi connectivity index (χ0v) is 16.3. The van der Waals surface area contributed by atoms with Gasteiger partial charge in [0.2, 0.25) is 0 Å². The maximum Gasteiger partial charge on any atom is 0.257 e. The summed E-state index contributed by atoms with van der Waals surface area (Å²) in [6.45, 7) is 1.67. The Kier molecular flexibility index (Phi) is 5.70. The van der Waals surface area contributed by atoms with E-state index in [0.717, 1.165) is 24.5 Å². The third kappa shape index (κ3) is 4.77. The molecule has 1 heterocycles. The predicted octanol–water partition coefficient (Wildman–Crippen LogP) is 5.15. The van der Waals surface area contributed by atoms with Gasteiger partial charge in [-0.25, -0.2) is 0 Å². The number of amides is 1. The van der Waals surface area contributed by atoms with Crippen LogP contribution in [0.25, 0.3) is 0 Å². The van der Waals surface area contributed by atoms with Gasteiger partial charge in [-0.2, -0.15) is 0 Å². The molecule has 142 valence electrons. The molecule has 0 spiro atoms. The highest BCUT2D eigenvalue weighted by atomic mass is 35.5. The minimum atomic E-state index is -0.199. The summed E-state index contributed by atoms with van der Waals surface area (Å²) in [5, 5.41) is 3.40. The summed E-state index contributed by atoms with van der Waals surface area (Å²) in [5.74, 6) is -0.199. The van der Waals surface area contributed by atoms with Crippen LogP contribution in [0.15, 0.2) is 72.9 Å². The monoisotopic (exact) mass is 391 g/mol. The van der Waals surface area contributed by atoms with E-state index < -0.39 is 0 Å². The third-order valence-electron chi connectivity index (χ3n) is 4.84. The lowest BCUT2D eigenvalue weighted by atomic mass is 10.1. The van der Waals surface area contributed by atoms with Crippen molar-refractivity contribution in [2.24, 2.45) is 0 Å². The van der Waals surface area contributed by atoms with Crippen LogP contribution in [0.2, 0.25) is 5.02 Å². The molecule has 0 aliphatic heterocycles. The molecule has 28 heavy (non-hydrogen) atoms. The average molecular weight is 392 g/mol. The van der Waals surface area contributed by atoms with Crippen molar-refractivity contribution in [3.63, 3.8) is 0 Å². The summed E-state index contributed by atoms with van der Waals surface area (Å²) in [6, 6.07) is 21.7. The predicted molar refractivity (Wildman–Crippen MR) is 112 cm³/mol. The molecule has 2 aromatic carbocycles. The minimum Gasteiger partial charge on any atom is -0.322 e. The van der Waals surface area contributed by atoms with Crippen LogP contribution in [0.1, 0.15) is 34.5 Å². The summed E-state index contributed by atoms with van der Waals surface area (Å²) in [6.07, 6.45) is 4.30. The van der Waals surface area contributed by atoms with Gasteiger partial charge in [-0.15, -0.1) is 0 Å². The van der Waals surface area contributed by atoms with E-state index in [4.69, 9.17) is 11.6 Å². The molecule has 3 aromatic rings. The van der Waals surface area contributed by atoms with Crippen molar-refractivity contribution in [3.8, 4) is 0 Å². The maximum absolute atomic E-state index is 12.5. The number of halogens is 1. The Bertz CT molecular complexity index is 957. The minimum absolute atomic E-state index is 0.199. The number of carbonyl (C=O) groups is 1. The van der Waals surface area contributed by atoms with Crippen molar-refractivity contribution in [3.05, 3.63) is 94.8 Å². The zero-order valence-electron chi connectivity index (χ0n) is 15.5. The molecular formula is C23H22ClN3O. The molecule has 1 aliphatic rings. The zero-order chi connectivity index (χ0) is 19.3. The number of carbonyl (C=O) groups excluding carboxylic acids is 1. The lowest BCUT2D eigenvalue weighted by Gasteiger charge is -2.22. The van der Waals surface area contributed by atoms with Crippen LogP contribution in [0, 0.1) is 0 Å². The fraction of sp³-hybridized carbons (Fsp3) is 0.217. The number of hydrogen-bond donors (Lipinski definition) is 1. The molecule has 0 bridgehead atoms. The molecule has 1 aliphatic carbocycles. The van der Waals surface area contributed by atoms with Crippen LogP contribution in [-0.2, 0) is 13.1 Å². The Hall–Kier alpha value is -2.69. The molecule has 5 heteroatoms. The molecule has 1 aromatic heterocycles. The molecule has 0 radical (unpaired) electrons. The fourth-order valence-electron chi connectivity index (χ4n) is 3.28. The van der Waals surface area contributed by atoms with Crippen molar-refractivity contribution >= 4 is 23.2 Å². The first kappa shape index (κ1) is 18.7. The number of benzene rings is 2. The van der Waals surface area contributed by atoms with Crippen molar-refractivity contribution in [2.45, 2.75) is 32.0 Å². The van der Waals surface area contributed by atoms with Gasteiger partial charge in [-0.3, -0.25) is 14.7 Å². The van der Waals surface area contributed by atoms with Gasteiger partial charge in [0, 0.05) is 31.0 Å². The smallest absolute Gasteiger partial charge is 0.257 e. The van der Waals surface area contributed by atoms with Gasteiger partial charge in [0.15, 0.2) is 0 Å². The van der Waals surface area contributed by atoms with Crippen molar-refractivity contribution < 1.29 is 4.79 Å². The molecule has 4 rings (SSSR count). The maximum atomic E-state index is 12.5. The fourth-order valence-corrected chi connectivity index (χ4v) is 3.50. The van der Waals surface area contributed by atoms with Crippen molar-refractivity contribution in [1.29, 1.82) is 0 Å². The van der Waals surface area contributed by atoms with Crippen LogP contribution in [0.3, 0.4) is 0 Å². The lowest BCUT2D eigenvalue weighted by molar-refractivity contribution is 0.102. The van der Waals surface area contributed by atoms with E-state index in [0.29, 0.717) is 16.6 Å². The van der Waals surface area contributed by atoms with Crippen LogP contribution < -0.4 is 5.32 Å². The van der Waals surface area contributed by atoms with E-state index in [1.54, 1.807) is 12.1 Å². The van der Waals surface area contributed by atoms with E-state index in [9.17, 15) is 4.79 Å². The molecule has 0 unspecified atom stereocenters. The van der Waals surface area contributed by atoms with Crippen LogP contribution in [0.4, 0.5) is 5.69 Å². The molecular weight excluding hydrogens is 370 g/mol. The number of nitrogens with one attached hydrogen (secondary N) is 1. The van der Waals surface area contributed by atoms with Crippen LogP contribution >= 0.6 is 11.6 Å². The van der Waals surface area contributed by atoms with E-state index in [-0.39, 0.29) is 5.91 Å². The van der Waals surface area contributed by atoms with Gasteiger partial charge in [0.05, 0.1) is 16.3 Å². The summed E-state index contributed by atoms with van der Waals surface area (Å²) < 4.78 is 0. The van der Waals surface area contributed by atoms with E-state index in [1.165, 1.54) is 18.4 Å². The molecule has 4 nitrogen and oxygen atoms in total. The lowest BCUT2D eigenvalue weighted by Crippen LogP contribution is -2.25. The second kappa shape index (κ2) is 8.55. The van der Waals surface area contributed by atoms with Gasteiger partial charge >= 0.3 is 0 Å². The summed E-state index contributed by atoms with van der Waals surface area (Å²) in [4.78, 5) is 19.4. The number of hydrogen-bond acceptors (Lipinski definition) is 3. The van der Waals surface area contributed by atoms with Gasteiger partial charge in [0.25, 0.3) is 5.91 Å². The Morgan fingerprint density at radius 2 is 1.86 bits per heavy atom. The molecule has 1 saturated carbocycles. The number of anilines is 1. The molecule has 0 saturated heterocycles. The molecule has 0 atom stereocenters. The molecule has 1 fully saturated rings. The average Bonchev–Trinajstić information content (AvgIpc) is 3.54. The largest absolute Gasteiger partial charge is 0.322 e. The number of nitrogens with zero attached hydrogens (tertiary/aromatic N) is 2. The quantitative estimate of drug-likeness (QED) is 0.605. The van der Waals surface area contributed by atoms with Crippen LogP contribution in [-0.4, -0.2) is 21.8 Å². The Balaban J connectivity index is 1.45. The summed E-state index contributed by atoms with van der Waals surface area (Å²) in [5.41, 5.74) is 3.50. The van der Waals surface area contributed by atoms with Crippen LogP contribution in [0.5, 0.6) is 0 Å². The summed E-state index contributed by atoms with van der Waals surface area (Å²) >= 11 is 6.13. The topological polar surface area (TPSA) is 45.2 Å². The highest BCUT2D eigenvalue weighted by molar-refractivity contribution is 6.34. The Morgan fingerprint density at radius 3 is 2.61 bits per heavy atom. The highest BCUT2D eigenvalue weighted by Crippen LogP contribution is 2.30. The molecule has 1 N–H and O–H groups in total. The van der Waals surface area contributed by atoms with Gasteiger partial charge in [-0.1, -0.05) is 41.9 Å². The first-order valence-corrected chi connectivity index (χ1v) is 9.85. The second-order valence-corrected chi connectivity index (χ2v) is 7.50. The Morgan fingerprint density at radius 1 is 1.04 bits per heavy atom. The standard InChI is InChI=1S/C23H22ClN3O/c24-22-10-2-1-9-21(22)23(28)26-18-8-5-6-17(14-18)15-27(20-11-12-20)16-19-7-3-4-13-25-19/h1-10,13-14,20H,11-12,15-16H2,(H,26,28). The number of pyridine rings is 1. The Labute approximate surface area is 170 Å². The number of rotatable bonds is 7.